The molecule has 0 radical (unpaired) electrons. The van der Waals surface area contributed by atoms with E-state index in [1.54, 1.807) is 0 Å². The minimum Gasteiger partial charge on any atom is -0.444 e. The van der Waals surface area contributed by atoms with Crippen LogP contribution < -0.4 is 16.0 Å². The zero-order chi connectivity index (χ0) is 34.8. The minimum atomic E-state index is -1.06. The highest BCUT2D eigenvalue weighted by Crippen LogP contribution is 2.40. The number of carbonyl (C=O) groups is 5. The Morgan fingerprint density at radius 1 is 1.08 bits per heavy atom. The highest BCUT2D eigenvalue weighted by atomic mass is 16.7. The molecule has 1 spiro atoms. The number of alkyl carbamates (subject to hydrolysis) is 1. The van der Waals surface area contributed by atoms with Gasteiger partial charge >= 0.3 is 6.09 Å². The second kappa shape index (κ2) is 14.2. The van der Waals surface area contributed by atoms with Crippen LogP contribution in [0.2, 0.25) is 0 Å². The maximum Gasteiger partial charge on any atom is 0.408 e. The van der Waals surface area contributed by atoms with E-state index in [0.29, 0.717) is 31.6 Å². The van der Waals surface area contributed by atoms with Crippen LogP contribution in [0, 0.1) is 19.3 Å². The second-order valence-electron chi connectivity index (χ2n) is 14.8. The van der Waals surface area contributed by atoms with E-state index >= 15 is 0 Å². The number of likely N-dealkylation sites (tertiary alicyclic amines) is 1. The summed E-state index contributed by atoms with van der Waals surface area (Å²) < 4.78 is 10.8. The maximum atomic E-state index is 14.5. The molecule has 3 N–H and O–H groups in total. The minimum absolute atomic E-state index is 0.0111. The van der Waals surface area contributed by atoms with Gasteiger partial charge in [0.1, 0.15) is 18.2 Å². The molecule has 3 fully saturated rings. The van der Waals surface area contributed by atoms with Gasteiger partial charge in [0, 0.05) is 25.3 Å². The average Bonchev–Trinajstić information content (AvgIpc) is 3.38. The highest BCUT2D eigenvalue weighted by molar-refractivity contribution is 6.38. The Kier molecular flexibility index (Phi) is 10.5. The fourth-order valence-electron chi connectivity index (χ4n) is 6.40. The maximum absolute atomic E-state index is 14.5. The van der Waals surface area contributed by atoms with Crippen LogP contribution in [0.1, 0.15) is 89.3 Å². The van der Waals surface area contributed by atoms with Gasteiger partial charge in [-0.2, -0.15) is 0 Å². The molecule has 5 atom stereocenters. The lowest BCUT2D eigenvalue weighted by Gasteiger charge is -2.35. The van der Waals surface area contributed by atoms with Gasteiger partial charge in [0.15, 0.2) is 5.60 Å². The van der Waals surface area contributed by atoms with Gasteiger partial charge in [-0.15, -0.1) is 0 Å². The van der Waals surface area contributed by atoms with Crippen LogP contribution in [0.4, 0.5) is 4.79 Å². The summed E-state index contributed by atoms with van der Waals surface area (Å²) in [5.41, 5.74) is 2.06. The number of nitrogens with zero attached hydrogens (tertiary/aromatic N) is 2. The van der Waals surface area contributed by atoms with Crippen molar-refractivity contribution in [2.24, 2.45) is 10.6 Å². The number of amides is 4. The van der Waals surface area contributed by atoms with E-state index in [-0.39, 0.29) is 32.0 Å². The van der Waals surface area contributed by atoms with Crippen molar-refractivity contribution in [1.82, 2.24) is 20.9 Å². The van der Waals surface area contributed by atoms with E-state index in [1.807, 2.05) is 59.7 Å². The van der Waals surface area contributed by atoms with Crippen molar-refractivity contribution in [3.8, 4) is 0 Å². The number of rotatable bonds is 11. The Morgan fingerprint density at radius 3 is 2.46 bits per heavy atom. The topological polar surface area (TPSA) is 165 Å². The first-order valence-electron chi connectivity index (χ1n) is 17.0. The molecule has 4 aliphatic rings. The number of benzene rings is 1. The molecule has 0 unspecified atom stereocenters. The number of Topliss-reactive ketones (excluding diaryl/α,β-unsaturated/α-hetero) is 1. The highest BCUT2D eigenvalue weighted by Gasteiger charge is 2.56. The standard InChI is InChI=1S/C35H49N5O8/c1-7-8-25(28(41)31(43)36-23-11-12-23)37-30(42)27-17-35(16-26(39-48-35)22-10-9-20(2)21(3)15-22)19-40(27)32(44)29(34(4,5)6)38-33(45)47-24-13-14-46-18-24/h9-10,15,23-25,27,29H,7-8,11-14,16-19H2,1-6H3,(H,36,43)(H,37,42)(H,38,45)/t24-,25-,27-,29+,35+/m0/s1. The Balaban J connectivity index is 1.39. The van der Waals surface area contributed by atoms with Crippen molar-refractivity contribution in [2.45, 2.75) is 122 Å². The van der Waals surface area contributed by atoms with E-state index in [2.05, 4.69) is 21.1 Å². The predicted octanol–water partition coefficient (Wildman–Crippen LogP) is 2.83. The van der Waals surface area contributed by atoms with Crippen LogP contribution in [0.3, 0.4) is 0 Å². The van der Waals surface area contributed by atoms with E-state index < -0.39 is 64.8 Å². The summed E-state index contributed by atoms with van der Waals surface area (Å²) in [5, 5.41) is 12.7. The molecule has 48 heavy (non-hydrogen) atoms. The van der Waals surface area contributed by atoms with Crippen LogP contribution in [0.5, 0.6) is 0 Å². The first kappa shape index (κ1) is 35.3. The fraction of sp³-hybridized carbons (Fsp3) is 0.657. The van der Waals surface area contributed by atoms with Crippen LogP contribution in [-0.4, -0.2) is 95.8 Å². The van der Waals surface area contributed by atoms with Gasteiger partial charge in [0.25, 0.3) is 5.91 Å². The van der Waals surface area contributed by atoms with Crippen LogP contribution in [-0.2, 0) is 33.5 Å². The van der Waals surface area contributed by atoms with Crippen molar-refractivity contribution >= 4 is 35.3 Å². The molecule has 4 amide bonds. The Morgan fingerprint density at radius 2 is 1.83 bits per heavy atom. The Bertz CT molecular complexity index is 1460. The van der Waals surface area contributed by atoms with Gasteiger partial charge in [-0.05, 0) is 61.3 Å². The Hall–Kier alpha value is -4.00. The third-order valence-corrected chi connectivity index (χ3v) is 9.55. The van der Waals surface area contributed by atoms with Gasteiger partial charge < -0.3 is 35.2 Å². The summed E-state index contributed by atoms with van der Waals surface area (Å²) in [5.74, 6) is -2.51. The van der Waals surface area contributed by atoms with E-state index in [0.717, 1.165) is 29.5 Å². The number of carbonyl (C=O) groups excluding carboxylic acids is 5. The van der Waals surface area contributed by atoms with Crippen molar-refractivity contribution in [3.05, 3.63) is 34.9 Å². The molecule has 3 aliphatic heterocycles. The van der Waals surface area contributed by atoms with Crippen molar-refractivity contribution in [2.75, 3.05) is 19.8 Å². The molecule has 1 aliphatic carbocycles. The molecule has 1 aromatic carbocycles. The van der Waals surface area contributed by atoms with Crippen LogP contribution in [0.15, 0.2) is 23.4 Å². The van der Waals surface area contributed by atoms with Crippen LogP contribution in [0.25, 0.3) is 0 Å². The summed E-state index contributed by atoms with van der Waals surface area (Å²) in [6.45, 7) is 12.2. The third-order valence-electron chi connectivity index (χ3n) is 9.55. The first-order chi connectivity index (χ1) is 22.7. The number of ketones is 1. The zero-order valence-corrected chi connectivity index (χ0v) is 28.9. The number of nitrogens with one attached hydrogen (secondary N) is 3. The van der Waals surface area contributed by atoms with Gasteiger partial charge in [-0.3, -0.25) is 19.2 Å². The molecular weight excluding hydrogens is 618 g/mol. The fourth-order valence-corrected chi connectivity index (χ4v) is 6.40. The Labute approximate surface area is 281 Å². The third kappa shape index (κ3) is 8.16. The molecule has 5 rings (SSSR count). The monoisotopic (exact) mass is 667 g/mol. The van der Waals surface area contributed by atoms with Crippen molar-refractivity contribution in [3.63, 3.8) is 0 Å². The number of hydrogen-bond donors (Lipinski definition) is 3. The molecular formula is C35H49N5O8. The average molecular weight is 668 g/mol. The SMILES string of the molecule is CCC[C@H](NC(=O)[C@@H]1C[C@]2(CC(c3ccc(C)c(C)c3)=NO2)CN1C(=O)[C@@H](NC(=O)O[C@H]1CCOC1)C(C)(C)C)C(=O)C(=O)NC1CC1. The summed E-state index contributed by atoms with van der Waals surface area (Å²) in [4.78, 5) is 74.8. The molecule has 0 bridgehead atoms. The lowest BCUT2D eigenvalue weighted by atomic mass is 9.85. The van der Waals surface area contributed by atoms with E-state index in [1.165, 1.54) is 4.90 Å². The largest absolute Gasteiger partial charge is 0.444 e. The number of ether oxygens (including phenoxy) is 2. The summed E-state index contributed by atoms with van der Waals surface area (Å²) >= 11 is 0. The van der Waals surface area contributed by atoms with Crippen molar-refractivity contribution < 1.29 is 38.3 Å². The molecule has 0 aromatic heterocycles. The van der Waals surface area contributed by atoms with Gasteiger partial charge in [-0.25, -0.2) is 4.79 Å². The number of aryl methyl sites for hydroxylation is 2. The van der Waals surface area contributed by atoms with Crippen LogP contribution >= 0.6 is 0 Å². The lowest BCUT2D eigenvalue weighted by Crippen LogP contribution is -2.59. The quantitative estimate of drug-likeness (QED) is 0.303. The van der Waals surface area contributed by atoms with Gasteiger partial charge in [0.05, 0.1) is 31.5 Å². The van der Waals surface area contributed by atoms with Gasteiger partial charge in [-0.1, -0.05) is 51.4 Å². The number of oxime groups is 1. The predicted molar refractivity (Wildman–Crippen MR) is 176 cm³/mol. The smallest absolute Gasteiger partial charge is 0.408 e. The summed E-state index contributed by atoms with van der Waals surface area (Å²) in [6, 6.07) is 2.84. The molecule has 13 heteroatoms. The first-order valence-corrected chi connectivity index (χ1v) is 17.0. The number of hydrogen-bond acceptors (Lipinski definition) is 9. The summed E-state index contributed by atoms with van der Waals surface area (Å²) in [6.07, 6.45) is 2.30. The lowest BCUT2D eigenvalue weighted by molar-refractivity contribution is -0.144. The molecule has 1 saturated carbocycles. The zero-order valence-electron chi connectivity index (χ0n) is 28.9. The van der Waals surface area contributed by atoms with E-state index in [9.17, 15) is 24.0 Å². The van der Waals surface area contributed by atoms with Crippen molar-refractivity contribution in [1.29, 1.82) is 0 Å². The molecule has 13 nitrogen and oxygen atoms in total. The molecule has 2 saturated heterocycles. The molecule has 3 heterocycles. The summed E-state index contributed by atoms with van der Waals surface area (Å²) in [7, 11) is 0. The van der Waals surface area contributed by atoms with Gasteiger partial charge in [0.2, 0.25) is 17.6 Å². The van der Waals surface area contributed by atoms with E-state index in [4.69, 9.17) is 14.3 Å². The molecule has 262 valence electrons. The second-order valence-corrected chi connectivity index (χ2v) is 14.8. The normalized spacial score (nSPS) is 24.8. The molecule has 1 aromatic rings.